The van der Waals surface area contributed by atoms with E-state index in [0.29, 0.717) is 12.2 Å². The average Bonchev–Trinajstić information content (AvgIpc) is 3.44. The van der Waals surface area contributed by atoms with Gasteiger partial charge < -0.3 is 15.2 Å². The minimum absolute atomic E-state index is 0.362. The molecule has 146 valence electrons. The molecule has 2 aromatic carbocycles. The van der Waals surface area contributed by atoms with Crippen LogP contribution in [0.2, 0.25) is 0 Å². The van der Waals surface area contributed by atoms with E-state index < -0.39 is 30.0 Å². The van der Waals surface area contributed by atoms with E-state index in [1.54, 1.807) is 29.2 Å². The van der Waals surface area contributed by atoms with Crippen LogP contribution in [0.1, 0.15) is 5.56 Å². The van der Waals surface area contributed by atoms with Gasteiger partial charge in [0.05, 0.1) is 36.6 Å². The largest absolute Gasteiger partial charge is 0.481 e. The molecule has 5 rings (SSSR count). The van der Waals surface area contributed by atoms with Gasteiger partial charge in [0.15, 0.2) is 0 Å². The summed E-state index contributed by atoms with van der Waals surface area (Å²) in [6, 6.07) is 14.3. The van der Waals surface area contributed by atoms with Crippen molar-refractivity contribution in [3.8, 4) is 0 Å². The van der Waals surface area contributed by atoms with Gasteiger partial charge >= 0.3 is 5.97 Å². The highest BCUT2D eigenvalue weighted by atomic mass is 16.5. The second-order valence-electron chi connectivity index (χ2n) is 7.39. The fourth-order valence-corrected chi connectivity index (χ4v) is 4.26. The summed E-state index contributed by atoms with van der Waals surface area (Å²) in [5, 5.41) is 18.9. The number of nitrogens with zero attached hydrogens (tertiary/aromatic N) is 2. The van der Waals surface area contributed by atoms with Gasteiger partial charge in [-0.1, -0.05) is 54.6 Å². The highest BCUT2D eigenvalue weighted by Gasteiger charge is 2.53. The Morgan fingerprint density at radius 2 is 1.83 bits per heavy atom. The van der Waals surface area contributed by atoms with Crippen molar-refractivity contribution in [2.45, 2.75) is 18.8 Å². The molecule has 0 unspecified atom stereocenters. The Hall–Kier alpha value is -3.45. The minimum atomic E-state index is -1.02. The number of carboxylic acid groups (broad SMARTS) is 1. The molecule has 0 saturated carbocycles. The van der Waals surface area contributed by atoms with Gasteiger partial charge in [-0.25, -0.2) is 0 Å². The maximum absolute atomic E-state index is 12.7. The Labute approximate surface area is 166 Å². The lowest BCUT2D eigenvalue weighted by Crippen LogP contribution is -2.39. The summed E-state index contributed by atoms with van der Waals surface area (Å²) < 4.78 is 7.32. The minimum Gasteiger partial charge on any atom is -0.481 e. The molecule has 2 N–H and O–H groups in total. The topological polar surface area (TPSA) is 93.5 Å². The first-order chi connectivity index (χ1) is 14.1. The third-order valence-corrected chi connectivity index (χ3v) is 5.60. The molecule has 1 amide bonds. The first-order valence-corrected chi connectivity index (χ1v) is 9.47. The van der Waals surface area contributed by atoms with Gasteiger partial charge in [-0.3, -0.25) is 14.3 Å². The zero-order valence-corrected chi connectivity index (χ0v) is 15.4. The number of carbonyl (C=O) groups excluding carboxylic acids is 1. The summed E-state index contributed by atoms with van der Waals surface area (Å²) in [4.78, 5) is 24.3. The molecule has 0 radical (unpaired) electrons. The number of carbonyl (C=O) groups is 2. The average molecular weight is 389 g/mol. The van der Waals surface area contributed by atoms with E-state index in [0.717, 1.165) is 16.3 Å². The van der Waals surface area contributed by atoms with E-state index in [2.05, 4.69) is 34.7 Å². The molecule has 3 heterocycles. The third kappa shape index (κ3) is 3.09. The summed E-state index contributed by atoms with van der Waals surface area (Å²) in [5.74, 6) is -2.99. The Morgan fingerprint density at radius 1 is 1.07 bits per heavy atom. The molecule has 0 spiro atoms. The first-order valence-electron chi connectivity index (χ1n) is 9.47. The number of rotatable bonds is 5. The Morgan fingerprint density at radius 3 is 2.66 bits per heavy atom. The molecule has 2 aliphatic heterocycles. The quantitative estimate of drug-likeness (QED) is 0.655. The van der Waals surface area contributed by atoms with Gasteiger partial charge in [0.25, 0.3) is 0 Å². The fourth-order valence-electron chi connectivity index (χ4n) is 4.26. The van der Waals surface area contributed by atoms with Crippen molar-refractivity contribution in [3.05, 3.63) is 72.6 Å². The zero-order chi connectivity index (χ0) is 20.0. The molecular weight excluding hydrogens is 370 g/mol. The summed E-state index contributed by atoms with van der Waals surface area (Å²) in [6.07, 6.45) is 5.77. The lowest BCUT2D eigenvalue weighted by molar-refractivity contribution is -0.145. The Bertz CT molecular complexity index is 1130. The number of hydrogen-bond donors (Lipinski definition) is 2. The number of hydrogen-bond acceptors (Lipinski definition) is 4. The van der Waals surface area contributed by atoms with Gasteiger partial charge in [0.2, 0.25) is 5.91 Å². The van der Waals surface area contributed by atoms with Crippen LogP contribution < -0.4 is 5.32 Å². The first kappa shape index (κ1) is 17.6. The monoisotopic (exact) mass is 389 g/mol. The van der Waals surface area contributed by atoms with Crippen molar-refractivity contribution in [2.75, 3.05) is 5.32 Å². The van der Waals surface area contributed by atoms with Crippen LogP contribution in [0.3, 0.4) is 0 Å². The Balaban J connectivity index is 1.32. The summed E-state index contributed by atoms with van der Waals surface area (Å²) >= 11 is 0. The number of benzene rings is 2. The molecule has 7 heteroatoms. The molecule has 1 saturated heterocycles. The predicted molar refractivity (Wildman–Crippen MR) is 106 cm³/mol. The van der Waals surface area contributed by atoms with Crippen LogP contribution in [0.25, 0.3) is 10.8 Å². The number of nitrogens with one attached hydrogen (secondary N) is 1. The lowest BCUT2D eigenvalue weighted by Gasteiger charge is -2.20. The van der Waals surface area contributed by atoms with Crippen molar-refractivity contribution in [1.29, 1.82) is 0 Å². The van der Waals surface area contributed by atoms with Crippen LogP contribution in [0.5, 0.6) is 0 Å². The van der Waals surface area contributed by atoms with Crippen LogP contribution in [0, 0.1) is 11.8 Å². The summed E-state index contributed by atoms with van der Waals surface area (Å²) in [7, 11) is 0. The lowest BCUT2D eigenvalue weighted by atomic mass is 9.82. The maximum Gasteiger partial charge on any atom is 0.310 e. The number of anilines is 1. The van der Waals surface area contributed by atoms with E-state index >= 15 is 0 Å². The molecule has 2 aliphatic rings. The normalized spacial score (nSPS) is 24.8. The van der Waals surface area contributed by atoms with Crippen molar-refractivity contribution in [1.82, 2.24) is 9.78 Å². The molecular formula is C22H19N3O4. The van der Waals surface area contributed by atoms with Gasteiger partial charge in [0, 0.05) is 6.20 Å². The van der Waals surface area contributed by atoms with Crippen LogP contribution in [-0.2, 0) is 20.9 Å². The number of amides is 1. The van der Waals surface area contributed by atoms with E-state index in [1.165, 1.54) is 0 Å². The fraction of sp³-hybridized carbons (Fsp3) is 0.227. The smallest absolute Gasteiger partial charge is 0.310 e. The SMILES string of the molecule is O=C(O)[C@@H]1[C@H](C(=O)Nc2cnn(Cc3cccc4ccccc34)c2)[C@H]2C=C[C@H]1O2. The van der Waals surface area contributed by atoms with E-state index in [4.69, 9.17) is 4.74 Å². The highest BCUT2D eigenvalue weighted by Crippen LogP contribution is 2.39. The molecule has 1 aromatic heterocycles. The van der Waals surface area contributed by atoms with Crippen molar-refractivity contribution in [2.24, 2.45) is 11.8 Å². The molecule has 29 heavy (non-hydrogen) atoms. The third-order valence-electron chi connectivity index (χ3n) is 5.60. The zero-order valence-electron chi connectivity index (χ0n) is 15.4. The molecule has 7 nitrogen and oxygen atoms in total. The van der Waals surface area contributed by atoms with Crippen molar-refractivity contribution < 1.29 is 19.4 Å². The molecule has 0 aliphatic carbocycles. The van der Waals surface area contributed by atoms with Crippen LogP contribution in [0.15, 0.2) is 67.0 Å². The second-order valence-corrected chi connectivity index (χ2v) is 7.39. The van der Waals surface area contributed by atoms with E-state index in [9.17, 15) is 14.7 Å². The summed E-state index contributed by atoms with van der Waals surface area (Å²) in [6.45, 7) is 0.564. The standard InChI is InChI=1S/C22H19N3O4/c26-21(19-17-8-9-18(29-17)20(19)22(27)28)24-15-10-23-25(12-15)11-14-6-3-5-13-4-1-2-7-16(13)14/h1-10,12,17-20H,11H2,(H,24,26)(H,27,28)/t17-,18-,19-,20+/m1/s1. The Kier molecular flexibility index (Phi) is 4.17. The number of aromatic nitrogens is 2. The van der Waals surface area contributed by atoms with Gasteiger partial charge in [-0.05, 0) is 16.3 Å². The number of ether oxygens (including phenoxy) is 1. The number of fused-ring (bicyclic) bond motifs is 3. The molecule has 3 aromatic rings. The van der Waals surface area contributed by atoms with E-state index in [-0.39, 0.29) is 5.91 Å². The molecule has 4 atom stereocenters. The van der Waals surface area contributed by atoms with Gasteiger partial charge in [-0.15, -0.1) is 0 Å². The van der Waals surface area contributed by atoms with Crippen molar-refractivity contribution in [3.63, 3.8) is 0 Å². The molecule has 1 fully saturated rings. The van der Waals surface area contributed by atoms with Crippen LogP contribution in [-0.4, -0.2) is 39.0 Å². The predicted octanol–water partition coefficient (Wildman–Crippen LogP) is 2.68. The van der Waals surface area contributed by atoms with E-state index in [1.807, 2.05) is 18.2 Å². The second kappa shape index (κ2) is 6.86. The van der Waals surface area contributed by atoms with Crippen LogP contribution in [0.4, 0.5) is 5.69 Å². The molecule has 2 bridgehead atoms. The number of carboxylic acids is 1. The summed E-state index contributed by atoms with van der Waals surface area (Å²) in [5.41, 5.74) is 1.66. The van der Waals surface area contributed by atoms with Crippen LogP contribution >= 0.6 is 0 Å². The van der Waals surface area contributed by atoms with Crippen molar-refractivity contribution >= 4 is 28.3 Å². The number of aliphatic carboxylic acids is 1. The van der Waals surface area contributed by atoms with Gasteiger partial charge in [0.1, 0.15) is 5.92 Å². The van der Waals surface area contributed by atoms with Gasteiger partial charge in [-0.2, -0.15) is 5.10 Å². The maximum atomic E-state index is 12.7. The highest BCUT2D eigenvalue weighted by molar-refractivity contribution is 5.96.